The third-order valence-electron chi connectivity index (χ3n) is 4.22. The second-order valence-electron chi connectivity index (χ2n) is 5.87. The van der Waals surface area contributed by atoms with Crippen LogP contribution < -0.4 is 0 Å². The van der Waals surface area contributed by atoms with E-state index in [1.165, 1.54) is 0 Å². The van der Waals surface area contributed by atoms with Crippen molar-refractivity contribution < 1.29 is 14.7 Å². The predicted octanol–water partition coefficient (Wildman–Crippen LogP) is 4.36. The average Bonchev–Trinajstić information content (AvgIpc) is 2.62. The summed E-state index contributed by atoms with van der Waals surface area (Å²) in [5.41, 5.74) is 1.52. The molecular formula is C21H18O3. The highest BCUT2D eigenvalue weighted by atomic mass is 16.4. The van der Waals surface area contributed by atoms with E-state index < -0.39 is 11.9 Å². The van der Waals surface area contributed by atoms with Crippen molar-refractivity contribution >= 4 is 22.5 Å². The molecule has 3 aromatic carbocycles. The van der Waals surface area contributed by atoms with Gasteiger partial charge in [0.2, 0.25) is 0 Å². The standard InChI is InChI=1S/C21H18O3/c22-20(16-8-2-1-3-9-16)14-18(21(23)24)13-17-11-6-10-15-7-4-5-12-19(15)17/h1-12,18H,13-14H2,(H,23,24). The number of hydrogen-bond donors (Lipinski definition) is 1. The van der Waals surface area contributed by atoms with Gasteiger partial charge >= 0.3 is 5.97 Å². The van der Waals surface area contributed by atoms with Crippen LogP contribution in [0, 0.1) is 5.92 Å². The predicted molar refractivity (Wildman–Crippen MR) is 94.2 cm³/mol. The van der Waals surface area contributed by atoms with E-state index in [1.807, 2.05) is 48.5 Å². The minimum Gasteiger partial charge on any atom is -0.481 e. The van der Waals surface area contributed by atoms with Gasteiger partial charge in [0.05, 0.1) is 5.92 Å². The van der Waals surface area contributed by atoms with Crippen molar-refractivity contribution in [3.63, 3.8) is 0 Å². The first-order valence-corrected chi connectivity index (χ1v) is 7.93. The zero-order chi connectivity index (χ0) is 16.9. The largest absolute Gasteiger partial charge is 0.481 e. The molecule has 0 heterocycles. The van der Waals surface area contributed by atoms with Gasteiger partial charge in [-0.25, -0.2) is 0 Å². The monoisotopic (exact) mass is 318 g/mol. The van der Waals surface area contributed by atoms with Gasteiger partial charge in [-0.3, -0.25) is 9.59 Å². The first-order chi connectivity index (χ1) is 11.6. The molecule has 0 saturated carbocycles. The number of hydrogen-bond acceptors (Lipinski definition) is 2. The van der Waals surface area contributed by atoms with E-state index in [-0.39, 0.29) is 12.2 Å². The van der Waals surface area contributed by atoms with Crippen LogP contribution in [0.25, 0.3) is 10.8 Å². The lowest BCUT2D eigenvalue weighted by molar-refractivity contribution is -0.141. The number of rotatable bonds is 6. The summed E-state index contributed by atoms with van der Waals surface area (Å²) in [5.74, 6) is -1.81. The van der Waals surface area contributed by atoms with Crippen LogP contribution in [0.15, 0.2) is 72.8 Å². The summed E-state index contributed by atoms with van der Waals surface area (Å²) in [4.78, 5) is 24.0. The van der Waals surface area contributed by atoms with Crippen LogP contribution in [-0.4, -0.2) is 16.9 Å². The smallest absolute Gasteiger partial charge is 0.307 e. The molecule has 0 aromatic heterocycles. The molecule has 0 saturated heterocycles. The molecule has 0 bridgehead atoms. The van der Waals surface area contributed by atoms with E-state index in [0.29, 0.717) is 12.0 Å². The SMILES string of the molecule is O=C(CC(Cc1cccc2ccccc12)C(=O)O)c1ccccc1. The van der Waals surface area contributed by atoms with E-state index in [2.05, 4.69) is 0 Å². The molecule has 0 radical (unpaired) electrons. The number of carboxylic acids is 1. The number of carbonyl (C=O) groups excluding carboxylic acids is 1. The van der Waals surface area contributed by atoms with Gasteiger partial charge in [0.15, 0.2) is 5.78 Å². The van der Waals surface area contributed by atoms with Gasteiger partial charge in [-0.15, -0.1) is 0 Å². The molecule has 24 heavy (non-hydrogen) atoms. The Bertz CT molecular complexity index is 863. The van der Waals surface area contributed by atoms with Crippen molar-refractivity contribution in [2.24, 2.45) is 5.92 Å². The topological polar surface area (TPSA) is 54.4 Å². The molecule has 1 unspecified atom stereocenters. The van der Waals surface area contributed by atoms with Crippen LogP contribution in [0.4, 0.5) is 0 Å². The second kappa shape index (κ2) is 7.09. The fourth-order valence-electron chi connectivity index (χ4n) is 2.95. The molecule has 1 N–H and O–H groups in total. The zero-order valence-corrected chi connectivity index (χ0v) is 13.2. The molecule has 0 spiro atoms. The molecule has 3 heteroatoms. The summed E-state index contributed by atoms with van der Waals surface area (Å²) >= 11 is 0. The number of ketones is 1. The molecule has 0 fully saturated rings. The zero-order valence-electron chi connectivity index (χ0n) is 13.2. The molecule has 0 aliphatic heterocycles. The van der Waals surface area contributed by atoms with E-state index in [0.717, 1.165) is 16.3 Å². The normalized spacial score (nSPS) is 12.0. The Kier molecular flexibility index (Phi) is 4.71. The number of carboxylic acid groups (broad SMARTS) is 1. The van der Waals surface area contributed by atoms with Crippen LogP contribution in [0.5, 0.6) is 0 Å². The van der Waals surface area contributed by atoms with Crippen LogP contribution in [0.3, 0.4) is 0 Å². The van der Waals surface area contributed by atoms with Gasteiger partial charge < -0.3 is 5.11 Å². The van der Waals surface area contributed by atoms with Crippen molar-refractivity contribution in [1.82, 2.24) is 0 Å². The Morgan fingerprint density at radius 2 is 1.50 bits per heavy atom. The van der Waals surface area contributed by atoms with Gasteiger partial charge in [-0.1, -0.05) is 72.8 Å². The summed E-state index contributed by atoms with van der Waals surface area (Å²) in [5, 5.41) is 11.7. The minimum absolute atomic E-state index is 0.00255. The number of aliphatic carboxylic acids is 1. The number of carbonyl (C=O) groups is 2. The lowest BCUT2D eigenvalue weighted by atomic mass is 9.90. The maximum atomic E-state index is 12.4. The highest BCUT2D eigenvalue weighted by molar-refractivity contribution is 5.98. The average molecular weight is 318 g/mol. The Balaban J connectivity index is 1.84. The third kappa shape index (κ3) is 3.51. The van der Waals surface area contributed by atoms with Crippen molar-refractivity contribution in [1.29, 1.82) is 0 Å². The fourth-order valence-corrected chi connectivity index (χ4v) is 2.95. The van der Waals surface area contributed by atoms with Gasteiger partial charge in [0.25, 0.3) is 0 Å². The molecule has 0 aliphatic rings. The summed E-state index contributed by atoms with van der Waals surface area (Å²) in [6.45, 7) is 0. The summed E-state index contributed by atoms with van der Waals surface area (Å²) in [6, 6.07) is 22.6. The minimum atomic E-state index is -0.938. The van der Waals surface area contributed by atoms with Gasteiger partial charge in [0, 0.05) is 12.0 Å². The summed E-state index contributed by atoms with van der Waals surface area (Å²) < 4.78 is 0. The van der Waals surface area contributed by atoms with Gasteiger partial charge in [-0.2, -0.15) is 0 Å². The highest BCUT2D eigenvalue weighted by Gasteiger charge is 2.23. The van der Waals surface area contributed by atoms with E-state index in [1.54, 1.807) is 24.3 Å². The maximum absolute atomic E-state index is 12.4. The molecule has 120 valence electrons. The van der Waals surface area contributed by atoms with Crippen molar-refractivity contribution in [3.8, 4) is 0 Å². The summed E-state index contributed by atoms with van der Waals surface area (Å²) in [7, 11) is 0. The van der Waals surface area contributed by atoms with Crippen LogP contribution >= 0.6 is 0 Å². The molecule has 1 atom stereocenters. The van der Waals surface area contributed by atoms with Gasteiger partial charge in [-0.05, 0) is 22.8 Å². The van der Waals surface area contributed by atoms with E-state index >= 15 is 0 Å². The number of benzene rings is 3. The van der Waals surface area contributed by atoms with Crippen LogP contribution in [0.1, 0.15) is 22.3 Å². The van der Waals surface area contributed by atoms with Gasteiger partial charge in [0.1, 0.15) is 0 Å². The molecule has 0 aliphatic carbocycles. The van der Waals surface area contributed by atoms with E-state index in [9.17, 15) is 14.7 Å². The van der Waals surface area contributed by atoms with Crippen LogP contribution in [0.2, 0.25) is 0 Å². The maximum Gasteiger partial charge on any atom is 0.307 e. The lowest BCUT2D eigenvalue weighted by Gasteiger charge is -2.13. The lowest BCUT2D eigenvalue weighted by Crippen LogP contribution is -2.20. The Labute approximate surface area is 140 Å². The third-order valence-corrected chi connectivity index (χ3v) is 4.22. The molecule has 0 amide bonds. The highest BCUT2D eigenvalue weighted by Crippen LogP contribution is 2.23. The van der Waals surface area contributed by atoms with E-state index in [4.69, 9.17) is 0 Å². The molecule has 3 nitrogen and oxygen atoms in total. The quantitative estimate of drug-likeness (QED) is 0.687. The Morgan fingerprint density at radius 3 is 2.25 bits per heavy atom. The van der Waals surface area contributed by atoms with Crippen LogP contribution in [-0.2, 0) is 11.2 Å². The Morgan fingerprint density at radius 1 is 0.833 bits per heavy atom. The summed E-state index contributed by atoms with van der Waals surface area (Å²) in [6.07, 6.45) is 0.345. The van der Waals surface area contributed by atoms with Crippen molar-refractivity contribution in [2.45, 2.75) is 12.8 Å². The molecular weight excluding hydrogens is 300 g/mol. The number of Topliss-reactive ketones (excluding diaryl/α,β-unsaturated/α-hetero) is 1. The fraction of sp³-hybridized carbons (Fsp3) is 0.143. The number of fused-ring (bicyclic) bond motifs is 1. The van der Waals surface area contributed by atoms with Crippen molar-refractivity contribution in [3.05, 3.63) is 83.9 Å². The molecule has 3 aromatic rings. The Hall–Kier alpha value is -2.94. The van der Waals surface area contributed by atoms with Crippen molar-refractivity contribution in [2.75, 3.05) is 0 Å². The first kappa shape index (κ1) is 15.9. The molecule has 3 rings (SSSR count). The second-order valence-corrected chi connectivity index (χ2v) is 5.87. The first-order valence-electron chi connectivity index (χ1n) is 7.93.